The van der Waals surface area contributed by atoms with Crippen molar-refractivity contribution in [2.24, 2.45) is 0 Å². The van der Waals surface area contributed by atoms with Crippen molar-refractivity contribution in [2.45, 2.75) is 51.5 Å². The Balaban J connectivity index is 1.51. The summed E-state index contributed by atoms with van der Waals surface area (Å²) >= 11 is 0. The van der Waals surface area contributed by atoms with Crippen molar-refractivity contribution in [3.8, 4) is 0 Å². The second-order valence-corrected chi connectivity index (χ2v) is 7.87. The van der Waals surface area contributed by atoms with E-state index in [2.05, 4.69) is 31.6 Å². The van der Waals surface area contributed by atoms with Gasteiger partial charge in [-0.3, -0.25) is 14.6 Å². The van der Waals surface area contributed by atoms with Crippen LogP contribution in [0.4, 0.5) is 5.95 Å². The van der Waals surface area contributed by atoms with E-state index < -0.39 is 0 Å². The van der Waals surface area contributed by atoms with Crippen molar-refractivity contribution >= 4 is 11.9 Å². The van der Waals surface area contributed by atoms with Crippen molar-refractivity contribution in [1.29, 1.82) is 0 Å². The molecule has 28 heavy (non-hydrogen) atoms. The fraction of sp³-hybridized carbons (Fsp3) is 0.762. The highest BCUT2D eigenvalue weighted by atomic mass is 16.5. The number of nitrogens with zero attached hydrogens (tertiary/aromatic N) is 5. The summed E-state index contributed by atoms with van der Waals surface area (Å²) in [6.07, 6.45) is 9.88. The number of carbonyl (C=O) groups excluding carboxylic acids is 1. The Morgan fingerprint density at radius 1 is 1.07 bits per heavy atom. The molecule has 2 saturated heterocycles. The van der Waals surface area contributed by atoms with Crippen LogP contribution >= 0.6 is 0 Å². The van der Waals surface area contributed by atoms with Gasteiger partial charge in [-0.05, 0) is 38.4 Å². The van der Waals surface area contributed by atoms with E-state index in [1.54, 1.807) is 12.4 Å². The summed E-state index contributed by atoms with van der Waals surface area (Å²) in [4.78, 5) is 28.3. The Hall–Kier alpha value is -1.73. The number of hydrogen-bond donors (Lipinski definition) is 0. The minimum absolute atomic E-state index is 0.0413. The first-order chi connectivity index (χ1) is 13.8. The van der Waals surface area contributed by atoms with Gasteiger partial charge in [0.25, 0.3) is 0 Å². The van der Waals surface area contributed by atoms with Crippen molar-refractivity contribution in [2.75, 3.05) is 57.3 Å². The second-order valence-electron chi connectivity index (χ2n) is 7.87. The zero-order valence-electron chi connectivity index (χ0n) is 17.3. The molecule has 2 aliphatic heterocycles. The summed E-state index contributed by atoms with van der Waals surface area (Å²) in [6, 6.07) is 2.11. The fourth-order valence-electron chi connectivity index (χ4n) is 4.06. The molecular weight excluding hydrogens is 354 g/mol. The predicted molar refractivity (Wildman–Crippen MR) is 110 cm³/mol. The van der Waals surface area contributed by atoms with Crippen molar-refractivity contribution in [1.82, 2.24) is 19.8 Å². The third kappa shape index (κ3) is 6.41. The highest BCUT2D eigenvalue weighted by molar-refractivity contribution is 5.70. The Kier molecular flexibility index (Phi) is 8.48. The highest BCUT2D eigenvalue weighted by Crippen LogP contribution is 2.18. The molecule has 7 heteroatoms. The van der Waals surface area contributed by atoms with Crippen LogP contribution in [0.1, 0.15) is 45.4 Å². The molecule has 0 aliphatic carbocycles. The zero-order valence-corrected chi connectivity index (χ0v) is 17.3. The number of ether oxygens (including phenoxy) is 1. The molecule has 2 fully saturated rings. The molecule has 0 amide bonds. The van der Waals surface area contributed by atoms with Crippen LogP contribution in [0.2, 0.25) is 0 Å². The average molecular weight is 390 g/mol. The first-order valence-corrected chi connectivity index (χ1v) is 10.9. The number of rotatable bonds is 9. The van der Waals surface area contributed by atoms with Gasteiger partial charge in [0.05, 0.1) is 13.0 Å². The Morgan fingerprint density at radius 2 is 1.79 bits per heavy atom. The number of piperazine rings is 1. The van der Waals surface area contributed by atoms with Gasteiger partial charge < -0.3 is 9.64 Å². The summed E-state index contributed by atoms with van der Waals surface area (Å²) < 4.78 is 5.46. The van der Waals surface area contributed by atoms with E-state index in [4.69, 9.17) is 4.74 Å². The number of piperidine rings is 1. The predicted octanol–water partition coefficient (Wildman–Crippen LogP) is 2.19. The van der Waals surface area contributed by atoms with Crippen molar-refractivity contribution in [3.63, 3.8) is 0 Å². The summed E-state index contributed by atoms with van der Waals surface area (Å²) in [7, 11) is 0. The van der Waals surface area contributed by atoms with Crippen LogP contribution < -0.4 is 4.90 Å². The molecule has 2 aliphatic rings. The van der Waals surface area contributed by atoms with Crippen LogP contribution in [0.25, 0.3) is 0 Å². The van der Waals surface area contributed by atoms with Crippen LogP contribution in [-0.2, 0) is 9.53 Å². The van der Waals surface area contributed by atoms with Gasteiger partial charge in [-0.25, -0.2) is 9.97 Å². The molecule has 1 aromatic rings. The SMILES string of the molecule is CCCCOC(=O)CC(CN1CCN(c2ncccn2)CC1)N1CCCCC1. The minimum atomic E-state index is -0.0413. The molecule has 0 spiro atoms. The maximum Gasteiger partial charge on any atom is 0.307 e. The molecule has 3 heterocycles. The minimum Gasteiger partial charge on any atom is -0.466 e. The van der Waals surface area contributed by atoms with Gasteiger partial charge in [-0.1, -0.05) is 19.8 Å². The molecule has 3 rings (SSSR count). The lowest BCUT2D eigenvalue weighted by molar-refractivity contribution is -0.145. The molecule has 1 unspecified atom stereocenters. The number of likely N-dealkylation sites (tertiary alicyclic amines) is 1. The van der Waals surface area contributed by atoms with Crippen LogP contribution in [0.15, 0.2) is 18.5 Å². The maximum atomic E-state index is 12.4. The van der Waals surface area contributed by atoms with Gasteiger partial charge >= 0.3 is 5.97 Å². The first-order valence-electron chi connectivity index (χ1n) is 10.9. The number of carbonyl (C=O) groups is 1. The number of hydrogen-bond acceptors (Lipinski definition) is 7. The zero-order chi connectivity index (χ0) is 19.6. The van der Waals surface area contributed by atoms with Crippen LogP contribution in [0, 0.1) is 0 Å². The monoisotopic (exact) mass is 389 g/mol. The molecule has 1 atom stereocenters. The lowest BCUT2D eigenvalue weighted by Gasteiger charge is -2.40. The van der Waals surface area contributed by atoms with Gasteiger partial charge in [0, 0.05) is 51.2 Å². The maximum absolute atomic E-state index is 12.4. The van der Waals surface area contributed by atoms with Crippen LogP contribution in [0.3, 0.4) is 0 Å². The quantitative estimate of drug-likeness (QED) is 0.474. The molecule has 0 radical (unpaired) electrons. The molecule has 7 nitrogen and oxygen atoms in total. The third-order valence-corrected chi connectivity index (χ3v) is 5.75. The number of esters is 1. The molecule has 156 valence electrons. The summed E-state index contributed by atoms with van der Waals surface area (Å²) in [5, 5.41) is 0. The van der Waals surface area contributed by atoms with Crippen molar-refractivity contribution in [3.05, 3.63) is 18.5 Å². The fourth-order valence-corrected chi connectivity index (χ4v) is 4.06. The van der Waals surface area contributed by atoms with E-state index in [9.17, 15) is 4.79 Å². The van der Waals surface area contributed by atoms with Gasteiger partial charge in [-0.15, -0.1) is 0 Å². The van der Waals surface area contributed by atoms with E-state index >= 15 is 0 Å². The van der Waals surface area contributed by atoms with E-state index in [-0.39, 0.29) is 12.0 Å². The number of unbranched alkanes of at least 4 members (excludes halogenated alkanes) is 1. The Labute approximate surface area is 169 Å². The average Bonchev–Trinajstić information content (AvgIpc) is 2.75. The Morgan fingerprint density at radius 3 is 2.46 bits per heavy atom. The first kappa shape index (κ1) is 21.0. The second kappa shape index (κ2) is 11.3. The lowest BCUT2D eigenvalue weighted by atomic mass is 10.1. The molecular formula is C21H35N5O2. The van der Waals surface area contributed by atoms with Crippen LogP contribution in [-0.4, -0.2) is 84.2 Å². The van der Waals surface area contributed by atoms with Gasteiger partial charge in [-0.2, -0.15) is 0 Å². The van der Waals surface area contributed by atoms with E-state index in [1.165, 1.54) is 19.3 Å². The number of aromatic nitrogens is 2. The van der Waals surface area contributed by atoms with Crippen LogP contribution in [0.5, 0.6) is 0 Å². The molecule has 0 N–H and O–H groups in total. The number of anilines is 1. The molecule has 0 aromatic carbocycles. The highest BCUT2D eigenvalue weighted by Gasteiger charge is 2.28. The van der Waals surface area contributed by atoms with Crippen molar-refractivity contribution < 1.29 is 9.53 Å². The van der Waals surface area contributed by atoms with Gasteiger partial charge in [0.1, 0.15) is 0 Å². The molecule has 1 aromatic heterocycles. The van der Waals surface area contributed by atoms with Gasteiger partial charge in [0.2, 0.25) is 5.95 Å². The van der Waals surface area contributed by atoms with E-state index in [0.29, 0.717) is 13.0 Å². The van der Waals surface area contributed by atoms with E-state index in [1.807, 2.05) is 6.07 Å². The molecule has 0 saturated carbocycles. The summed E-state index contributed by atoms with van der Waals surface area (Å²) in [5.74, 6) is 0.773. The van der Waals surface area contributed by atoms with Gasteiger partial charge in [0.15, 0.2) is 0 Å². The summed E-state index contributed by atoms with van der Waals surface area (Å²) in [5.41, 5.74) is 0. The largest absolute Gasteiger partial charge is 0.466 e. The standard InChI is InChI=1S/C21H35N5O2/c1-2-3-16-28-20(27)17-19(25-10-5-4-6-11-25)18-24-12-14-26(15-13-24)21-22-8-7-9-23-21/h7-9,19H,2-6,10-18H2,1H3. The molecule has 0 bridgehead atoms. The normalized spacial score (nSPS) is 20.1. The topological polar surface area (TPSA) is 61.8 Å². The Bertz CT molecular complexity index is 571. The third-order valence-electron chi connectivity index (χ3n) is 5.75. The lowest BCUT2D eigenvalue weighted by Crippen LogP contribution is -2.53. The smallest absolute Gasteiger partial charge is 0.307 e. The summed E-state index contributed by atoms with van der Waals surface area (Å²) in [6.45, 7) is 9.63. The van der Waals surface area contributed by atoms with E-state index in [0.717, 1.165) is 64.6 Å².